The number of amides is 1. The first-order valence-corrected chi connectivity index (χ1v) is 12.5. The van der Waals surface area contributed by atoms with Crippen molar-refractivity contribution in [1.29, 1.82) is 0 Å². The number of piperidine rings is 1. The van der Waals surface area contributed by atoms with Crippen molar-refractivity contribution in [3.63, 3.8) is 0 Å². The van der Waals surface area contributed by atoms with E-state index in [0.29, 0.717) is 24.3 Å². The van der Waals surface area contributed by atoms with Crippen LogP contribution in [0.5, 0.6) is 0 Å². The highest BCUT2D eigenvalue weighted by molar-refractivity contribution is 6.08. The van der Waals surface area contributed by atoms with Gasteiger partial charge < -0.3 is 15.2 Å². The zero-order valence-corrected chi connectivity index (χ0v) is 20.3. The van der Waals surface area contributed by atoms with Gasteiger partial charge in [-0.05, 0) is 74.3 Å². The quantitative estimate of drug-likeness (QED) is 0.436. The Morgan fingerprint density at radius 3 is 2.37 bits per heavy atom. The summed E-state index contributed by atoms with van der Waals surface area (Å²) in [5.74, 6) is 0.00282. The first kappa shape index (κ1) is 23.3. The predicted octanol–water partition coefficient (Wildman–Crippen LogP) is 5.72. The van der Waals surface area contributed by atoms with E-state index in [4.69, 9.17) is 0 Å². The molecular weight excluding hydrogens is 434 g/mol. The predicted molar refractivity (Wildman–Crippen MR) is 144 cm³/mol. The van der Waals surface area contributed by atoms with Crippen molar-refractivity contribution in [2.75, 3.05) is 42.7 Å². The van der Waals surface area contributed by atoms with Crippen LogP contribution in [0, 0.1) is 5.21 Å². The molecule has 0 N–H and O–H groups in total. The lowest BCUT2D eigenvalue weighted by molar-refractivity contribution is 0.0978. The minimum Gasteiger partial charge on any atom is -0.758 e. The summed E-state index contributed by atoms with van der Waals surface area (Å²) in [6, 6.07) is 25.8. The van der Waals surface area contributed by atoms with Gasteiger partial charge >= 0.3 is 0 Å². The third kappa shape index (κ3) is 4.75. The average Bonchev–Trinajstić information content (AvgIpc) is 3.23. The van der Waals surface area contributed by atoms with E-state index in [1.54, 1.807) is 24.3 Å². The van der Waals surface area contributed by atoms with Gasteiger partial charge in [0, 0.05) is 42.0 Å². The highest BCUT2D eigenvalue weighted by Gasteiger charge is 2.46. The second-order valence-electron chi connectivity index (χ2n) is 9.54. The maximum atomic E-state index is 13.5. The van der Waals surface area contributed by atoms with Gasteiger partial charge in [0.1, 0.15) is 0 Å². The summed E-state index contributed by atoms with van der Waals surface area (Å²) < 4.78 is 0. The molecule has 0 atom stereocenters. The molecule has 2 heterocycles. The summed E-state index contributed by atoms with van der Waals surface area (Å²) in [6.45, 7) is 5.88. The van der Waals surface area contributed by atoms with E-state index in [1.165, 1.54) is 11.1 Å². The topological polar surface area (TPSA) is 49.9 Å². The maximum absolute atomic E-state index is 13.5. The summed E-state index contributed by atoms with van der Waals surface area (Å²) in [6.07, 6.45) is 6.51. The Bertz CT molecular complexity index is 1180. The number of likely N-dealkylation sites (tertiary alicyclic amines) is 1. The van der Waals surface area contributed by atoms with Crippen molar-refractivity contribution in [2.24, 2.45) is 0 Å². The number of rotatable bonds is 6. The Hall–Kier alpha value is -3.41. The van der Waals surface area contributed by atoms with Crippen LogP contribution in [0.15, 0.2) is 84.9 Å². The minimum absolute atomic E-state index is 0.000132. The van der Waals surface area contributed by atoms with Crippen LogP contribution in [0.25, 0.3) is 6.08 Å². The number of benzene rings is 3. The zero-order chi connectivity index (χ0) is 24.3. The number of anilines is 2. The van der Waals surface area contributed by atoms with Gasteiger partial charge in [-0.3, -0.25) is 9.69 Å². The molecule has 5 nitrogen and oxygen atoms in total. The molecule has 1 amide bonds. The molecule has 3 aromatic carbocycles. The minimum atomic E-state index is -0.000132. The molecule has 3 aromatic rings. The molecule has 0 aliphatic carbocycles. The maximum Gasteiger partial charge on any atom is 0.258 e. The second-order valence-corrected chi connectivity index (χ2v) is 9.54. The number of para-hydroxylation sites is 1. The summed E-state index contributed by atoms with van der Waals surface area (Å²) in [4.78, 5) is 18.0. The number of carbonyl (C=O) groups is 1. The average molecular weight is 467 g/mol. The highest BCUT2D eigenvalue weighted by atomic mass is 16.5. The molecule has 5 rings (SSSR count). The van der Waals surface area contributed by atoms with Gasteiger partial charge in [0.2, 0.25) is 0 Å². The van der Waals surface area contributed by atoms with Crippen molar-refractivity contribution in [1.82, 2.24) is 4.90 Å². The Kier molecular flexibility index (Phi) is 6.71. The van der Waals surface area contributed by atoms with Crippen LogP contribution in [0.1, 0.15) is 41.3 Å². The standard InChI is InChI=1S/C30H32N3O2/c1-2-33(35)26-16-14-25(15-17-26)29(34)32-23-30(27-12-6-7-13-28(27)32)18-21-31(22-19-30)20-8-11-24-9-4-3-5-10-24/h3-17H,2,18-23H2,1H3/q-1/b11-8+. The second kappa shape index (κ2) is 10.1. The summed E-state index contributed by atoms with van der Waals surface area (Å²) in [7, 11) is 0. The molecule has 0 radical (unpaired) electrons. The van der Waals surface area contributed by atoms with Crippen molar-refractivity contribution in [2.45, 2.75) is 25.2 Å². The number of fused-ring (bicyclic) bond motifs is 2. The van der Waals surface area contributed by atoms with E-state index in [0.717, 1.165) is 43.2 Å². The van der Waals surface area contributed by atoms with Gasteiger partial charge in [0.15, 0.2) is 0 Å². The third-order valence-corrected chi connectivity index (χ3v) is 7.45. The van der Waals surface area contributed by atoms with Crippen LogP contribution in [-0.4, -0.2) is 43.5 Å². The van der Waals surface area contributed by atoms with Gasteiger partial charge in [-0.25, -0.2) is 0 Å². The third-order valence-electron chi connectivity index (χ3n) is 7.45. The summed E-state index contributed by atoms with van der Waals surface area (Å²) in [5.41, 5.74) is 4.74. The van der Waals surface area contributed by atoms with Crippen LogP contribution in [-0.2, 0) is 5.41 Å². The fourth-order valence-electron chi connectivity index (χ4n) is 5.41. The molecule has 35 heavy (non-hydrogen) atoms. The van der Waals surface area contributed by atoms with Gasteiger partial charge in [-0.15, -0.1) is 0 Å². The highest BCUT2D eigenvalue weighted by Crippen LogP contribution is 2.47. The lowest BCUT2D eigenvalue weighted by atomic mass is 9.74. The first-order valence-electron chi connectivity index (χ1n) is 12.5. The van der Waals surface area contributed by atoms with Crippen LogP contribution in [0.3, 0.4) is 0 Å². The van der Waals surface area contributed by atoms with Crippen molar-refractivity contribution in [3.05, 3.63) is 107 Å². The van der Waals surface area contributed by atoms with Gasteiger partial charge in [0.25, 0.3) is 5.91 Å². The Morgan fingerprint density at radius 1 is 0.971 bits per heavy atom. The fourth-order valence-corrected chi connectivity index (χ4v) is 5.41. The lowest BCUT2D eigenvalue weighted by Crippen LogP contribution is -2.46. The van der Waals surface area contributed by atoms with E-state index >= 15 is 0 Å². The zero-order valence-electron chi connectivity index (χ0n) is 20.3. The Labute approximate surface area is 207 Å². The van der Waals surface area contributed by atoms with Crippen molar-refractivity contribution in [3.8, 4) is 0 Å². The molecule has 0 saturated carbocycles. The molecule has 0 unspecified atom stereocenters. The van der Waals surface area contributed by atoms with Crippen LogP contribution in [0.2, 0.25) is 0 Å². The van der Waals surface area contributed by atoms with Gasteiger partial charge in [0.05, 0.1) is 0 Å². The number of hydrogen-bond donors (Lipinski definition) is 0. The number of hydrogen-bond acceptors (Lipinski definition) is 4. The van der Waals surface area contributed by atoms with Crippen LogP contribution < -0.4 is 9.96 Å². The molecule has 5 heteroatoms. The van der Waals surface area contributed by atoms with Crippen molar-refractivity contribution >= 4 is 23.4 Å². The van der Waals surface area contributed by atoms with Gasteiger partial charge in [-0.2, -0.15) is 0 Å². The van der Waals surface area contributed by atoms with E-state index in [2.05, 4.69) is 59.5 Å². The SMILES string of the molecule is CCN([O-])c1ccc(C(=O)N2CC3(CCN(C/C=C/c4ccccc4)CC3)c3ccccc32)cc1. The first-order chi connectivity index (χ1) is 17.1. The van der Waals surface area contributed by atoms with Crippen LogP contribution in [0.4, 0.5) is 11.4 Å². The molecule has 0 aromatic heterocycles. The largest absolute Gasteiger partial charge is 0.758 e. The summed E-state index contributed by atoms with van der Waals surface area (Å²) in [5, 5.41) is 12.8. The Balaban J connectivity index is 1.28. The van der Waals surface area contributed by atoms with E-state index in [9.17, 15) is 10.0 Å². The molecule has 0 bridgehead atoms. The molecule has 1 fully saturated rings. The van der Waals surface area contributed by atoms with Crippen molar-refractivity contribution < 1.29 is 4.79 Å². The lowest BCUT2D eigenvalue weighted by Gasteiger charge is -2.39. The Morgan fingerprint density at radius 2 is 1.66 bits per heavy atom. The van der Waals surface area contributed by atoms with Gasteiger partial charge in [-0.1, -0.05) is 60.7 Å². The molecule has 180 valence electrons. The number of hydroxylamine groups is 1. The van der Waals surface area contributed by atoms with Crippen LogP contribution >= 0.6 is 0 Å². The number of nitrogens with zero attached hydrogens (tertiary/aromatic N) is 3. The monoisotopic (exact) mass is 466 g/mol. The molecule has 1 saturated heterocycles. The smallest absolute Gasteiger partial charge is 0.258 e. The number of carbonyl (C=O) groups excluding carboxylic acids is 1. The van der Waals surface area contributed by atoms with E-state index in [-0.39, 0.29) is 11.3 Å². The fraction of sp³-hybridized carbons (Fsp3) is 0.300. The molecular formula is C30H32N3O2-. The normalized spacial score (nSPS) is 17.1. The van der Waals surface area contributed by atoms with E-state index < -0.39 is 0 Å². The summed E-state index contributed by atoms with van der Waals surface area (Å²) >= 11 is 0. The molecule has 2 aliphatic rings. The molecule has 2 aliphatic heterocycles. The van der Waals surface area contributed by atoms with E-state index in [1.807, 2.05) is 24.0 Å². The molecule has 1 spiro atoms.